The van der Waals surface area contributed by atoms with Gasteiger partial charge in [-0.1, -0.05) is 23.3 Å². The standard InChI is InChI=1S/C16H19FN4O4S/c17-14(12-6-8-16(9-7-12)24-10-11-25-16)26(22,23)15-18-19-20-21(15)13-4-2-1-3-5-13/h1-5,12,14H,6-11H2. The third-order valence-electron chi connectivity index (χ3n) is 4.97. The molecule has 0 radical (unpaired) electrons. The molecule has 1 aliphatic heterocycles. The quantitative estimate of drug-likeness (QED) is 0.793. The van der Waals surface area contributed by atoms with E-state index in [-0.39, 0.29) is 0 Å². The fourth-order valence-corrected chi connectivity index (χ4v) is 5.08. The van der Waals surface area contributed by atoms with Gasteiger partial charge in [-0.25, -0.2) is 12.8 Å². The maximum atomic E-state index is 15.0. The van der Waals surface area contributed by atoms with Crippen LogP contribution >= 0.6 is 0 Å². The molecule has 8 nitrogen and oxygen atoms in total. The summed E-state index contributed by atoms with van der Waals surface area (Å²) in [5, 5.41) is 10.2. The maximum Gasteiger partial charge on any atom is 0.275 e. The van der Waals surface area contributed by atoms with Crippen LogP contribution in [0.2, 0.25) is 0 Å². The summed E-state index contributed by atoms with van der Waals surface area (Å²) in [5.41, 5.74) is -1.62. The van der Waals surface area contributed by atoms with Crippen molar-refractivity contribution in [1.29, 1.82) is 0 Å². The minimum absolute atomic E-state index is 0.368. The molecule has 1 spiro atoms. The summed E-state index contributed by atoms with van der Waals surface area (Å²) in [4.78, 5) is 0. The minimum atomic E-state index is -4.33. The Balaban J connectivity index is 1.55. The van der Waals surface area contributed by atoms with Crippen molar-refractivity contribution in [2.24, 2.45) is 5.92 Å². The van der Waals surface area contributed by atoms with Gasteiger partial charge in [-0.3, -0.25) is 0 Å². The molecule has 1 saturated heterocycles. The van der Waals surface area contributed by atoms with Crippen LogP contribution in [0.15, 0.2) is 35.5 Å². The van der Waals surface area contributed by atoms with Crippen LogP contribution in [0.5, 0.6) is 0 Å². The predicted molar refractivity (Wildman–Crippen MR) is 87.8 cm³/mol. The minimum Gasteiger partial charge on any atom is -0.348 e. The number of sulfone groups is 1. The van der Waals surface area contributed by atoms with E-state index in [1.807, 2.05) is 0 Å². The van der Waals surface area contributed by atoms with E-state index in [2.05, 4.69) is 15.5 Å². The fraction of sp³-hybridized carbons (Fsp3) is 0.562. The number of hydrogen-bond acceptors (Lipinski definition) is 7. The second-order valence-electron chi connectivity index (χ2n) is 6.55. The highest BCUT2D eigenvalue weighted by atomic mass is 32.2. The lowest BCUT2D eigenvalue weighted by Gasteiger charge is -2.36. The Labute approximate surface area is 150 Å². The van der Waals surface area contributed by atoms with E-state index >= 15 is 4.39 Å². The van der Waals surface area contributed by atoms with Gasteiger partial charge in [-0.15, -0.1) is 0 Å². The summed E-state index contributed by atoms with van der Waals surface area (Å²) >= 11 is 0. The van der Waals surface area contributed by atoms with Crippen molar-refractivity contribution in [2.45, 2.75) is 42.1 Å². The highest BCUT2D eigenvalue weighted by Gasteiger charge is 2.46. The molecule has 1 unspecified atom stereocenters. The van der Waals surface area contributed by atoms with Crippen molar-refractivity contribution >= 4 is 9.84 Å². The first kappa shape index (κ1) is 17.5. The summed E-state index contributed by atoms with van der Waals surface area (Å²) < 4.78 is 52.9. The van der Waals surface area contributed by atoms with Crippen molar-refractivity contribution in [3.8, 4) is 5.69 Å². The lowest BCUT2D eigenvalue weighted by molar-refractivity contribution is -0.183. The molecule has 0 bridgehead atoms. The van der Waals surface area contributed by atoms with Gasteiger partial charge in [-0.05, 0) is 35.4 Å². The molecule has 1 saturated carbocycles. The van der Waals surface area contributed by atoms with Gasteiger partial charge in [0, 0.05) is 18.8 Å². The van der Waals surface area contributed by atoms with Gasteiger partial charge in [-0.2, -0.15) is 4.68 Å². The molecule has 1 aromatic heterocycles. The number of rotatable bonds is 4. The summed E-state index contributed by atoms with van der Waals surface area (Å²) in [7, 11) is -4.33. The smallest absolute Gasteiger partial charge is 0.275 e. The van der Waals surface area contributed by atoms with Crippen molar-refractivity contribution in [3.05, 3.63) is 30.3 Å². The SMILES string of the molecule is O=S(=O)(c1nnnn1-c1ccccc1)C(F)C1CCC2(CC1)OCCO2. The molecule has 1 atom stereocenters. The molecular formula is C16H19FN4O4S. The normalized spacial score (nSPS) is 21.9. The highest BCUT2D eigenvalue weighted by molar-refractivity contribution is 7.91. The van der Waals surface area contributed by atoms with Crippen LogP contribution in [-0.2, 0) is 19.3 Å². The molecule has 2 fully saturated rings. The van der Waals surface area contributed by atoms with Crippen LogP contribution in [-0.4, -0.2) is 53.1 Å². The zero-order valence-corrected chi connectivity index (χ0v) is 14.8. The van der Waals surface area contributed by atoms with E-state index in [0.29, 0.717) is 44.6 Å². The number of alkyl halides is 1. The van der Waals surface area contributed by atoms with E-state index < -0.39 is 32.2 Å². The number of hydrogen-bond donors (Lipinski definition) is 0. The molecule has 26 heavy (non-hydrogen) atoms. The summed E-state index contributed by atoms with van der Waals surface area (Å²) in [5.74, 6) is -1.30. The molecular weight excluding hydrogens is 363 g/mol. The fourth-order valence-electron chi connectivity index (χ4n) is 3.57. The Hall–Kier alpha value is -1.91. The van der Waals surface area contributed by atoms with Gasteiger partial charge in [0.1, 0.15) is 0 Å². The van der Waals surface area contributed by atoms with Gasteiger partial charge in [0.05, 0.1) is 18.9 Å². The topological polar surface area (TPSA) is 96.2 Å². The molecule has 0 N–H and O–H groups in total. The van der Waals surface area contributed by atoms with E-state index in [9.17, 15) is 8.42 Å². The number of para-hydroxylation sites is 1. The van der Waals surface area contributed by atoms with Crippen LogP contribution in [0.3, 0.4) is 0 Å². The Morgan fingerprint density at radius 3 is 2.46 bits per heavy atom. The van der Waals surface area contributed by atoms with Gasteiger partial charge >= 0.3 is 0 Å². The maximum absolute atomic E-state index is 15.0. The second-order valence-corrected chi connectivity index (χ2v) is 8.46. The number of nitrogens with zero attached hydrogens (tertiary/aromatic N) is 4. The molecule has 4 rings (SSSR count). The van der Waals surface area contributed by atoms with Crippen molar-refractivity contribution in [1.82, 2.24) is 20.2 Å². The largest absolute Gasteiger partial charge is 0.348 e. The zero-order valence-electron chi connectivity index (χ0n) is 14.0. The van der Waals surface area contributed by atoms with E-state index in [1.165, 1.54) is 0 Å². The molecule has 0 amide bonds. The molecule has 140 valence electrons. The van der Waals surface area contributed by atoms with Crippen molar-refractivity contribution in [2.75, 3.05) is 13.2 Å². The molecule has 1 aromatic carbocycles. The van der Waals surface area contributed by atoms with Crippen LogP contribution < -0.4 is 0 Å². The summed E-state index contributed by atoms with van der Waals surface area (Å²) in [6, 6.07) is 8.54. The van der Waals surface area contributed by atoms with Gasteiger partial charge in [0.2, 0.25) is 15.3 Å². The second kappa shape index (κ2) is 6.67. The third-order valence-corrected chi connectivity index (χ3v) is 6.71. The van der Waals surface area contributed by atoms with Crippen LogP contribution in [0.4, 0.5) is 4.39 Å². The van der Waals surface area contributed by atoms with E-state index in [1.54, 1.807) is 30.3 Å². The first-order chi connectivity index (χ1) is 12.5. The third kappa shape index (κ3) is 3.01. The lowest BCUT2D eigenvalue weighted by Crippen LogP contribution is -2.39. The summed E-state index contributed by atoms with van der Waals surface area (Å²) in [6.07, 6.45) is 1.70. The monoisotopic (exact) mass is 382 g/mol. The Morgan fingerprint density at radius 2 is 1.81 bits per heavy atom. The number of benzene rings is 1. The Morgan fingerprint density at radius 1 is 1.15 bits per heavy atom. The van der Waals surface area contributed by atoms with E-state index in [0.717, 1.165) is 4.68 Å². The first-order valence-electron chi connectivity index (χ1n) is 8.52. The summed E-state index contributed by atoms with van der Waals surface area (Å²) in [6.45, 7) is 1.04. The van der Waals surface area contributed by atoms with Gasteiger partial charge in [0.15, 0.2) is 5.79 Å². The number of halogens is 1. The number of tetrazole rings is 1. The van der Waals surface area contributed by atoms with E-state index in [4.69, 9.17) is 9.47 Å². The van der Waals surface area contributed by atoms with Crippen LogP contribution in [0, 0.1) is 5.92 Å². The number of aromatic nitrogens is 4. The molecule has 2 heterocycles. The molecule has 10 heteroatoms. The number of ether oxygens (including phenoxy) is 2. The zero-order chi connectivity index (χ0) is 18.2. The van der Waals surface area contributed by atoms with Crippen LogP contribution in [0.1, 0.15) is 25.7 Å². The first-order valence-corrected chi connectivity index (χ1v) is 10.1. The average molecular weight is 382 g/mol. The molecule has 2 aromatic rings. The molecule has 1 aliphatic carbocycles. The van der Waals surface area contributed by atoms with Crippen molar-refractivity contribution in [3.63, 3.8) is 0 Å². The van der Waals surface area contributed by atoms with Crippen molar-refractivity contribution < 1.29 is 22.3 Å². The lowest BCUT2D eigenvalue weighted by atomic mass is 9.86. The Kier molecular flexibility index (Phi) is 4.49. The molecule has 2 aliphatic rings. The van der Waals surface area contributed by atoms with Gasteiger partial charge in [0.25, 0.3) is 5.16 Å². The van der Waals surface area contributed by atoms with Gasteiger partial charge < -0.3 is 9.47 Å². The Bertz CT molecular complexity index is 857. The van der Waals surface area contributed by atoms with Crippen LogP contribution in [0.25, 0.3) is 5.69 Å². The predicted octanol–water partition coefficient (Wildman–Crippen LogP) is 1.66. The average Bonchev–Trinajstić information content (AvgIpc) is 3.33. The highest BCUT2D eigenvalue weighted by Crippen LogP contribution is 2.41.